The van der Waals surface area contributed by atoms with Gasteiger partial charge in [0.15, 0.2) is 0 Å². The molecule has 0 aromatic heterocycles. The molecule has 1 rings (SSSR count). The third-order valence-electron chi connectivity index (χ3n) is 3.36. The Morgan fingerprint density at radius 1 is 1.53 bits per heavy atom. The third kappa shape index (κ3) is 3.80. The summed E-state index contributed by atoms with van der Waals surface area (Å²) in [6.45, 7) is 4.07. The van der Waals surface area contributed by atoms with Crippen LogP contribution in [0.2, 0.25) is 0 Å². The summed E-state index contributed by atoms with van der Waals surface area (Å²) in [5, 5.41) is 10.2. The van der Waals surface area contributed by atoms with Crippen LogP contribution in [-0.2, 0) is 14.3 Å². The number of unbranched alkanes of at least 4 members (excludes halogenated alkanes) is 1. The lowest BCUT2D eigenvalue weighted by atomic mass is 9.75. The second-order valence-corrected chi connectivity index (χ2v) is 4.81. The van der Waals surface area contributed by atoms with Crippen LogP contribution in [0.25, 0.3) is 0 Å². The van der Waals surface area contributed by atoms with Gasteiger partial charge in [-0.3, -0.25) is 9.59 Å². The van der Waals surface area contributed by atoms with E-state index in [1.807, 2.05) is 0 Å². The molecule has 2 unspecified atom stereocenters. The molecule has 1 N–H and O–H groups in total. The lowest BCUT2D eigenvalue weighted by Gasteiger charge is -2.34. The molecule has 0 aromatic carbocycles. The Morgan fingerprint density at radius 3 is 2.76 bits per heavy atom. The molecule has 2 atom stereocenters. The molecule has 0 bridgehead atoms. The van der Waals surface area contributed by atoms with Crippen LogP contribution in [-0.4, -0.2) is 29.1 Å². The molecule has 17 heavy (non-hydrogen) atoms. The van der Waals surface area contributed by atoms with Gasteiger partial charge in [0.2, 0.25) is 0 Å². The summed E-state index contributed by atoms with van der Waals surface area (Å²) in [6.07, 6.45) is 3.58. The molecule has 0 aliphatic heterocycles. The fourth-order valence-corrected chi connectivity index (χ4v) is 2.32. The number of aliphatic hydroxyl groups is 1. The molecule has 98 valence electrons. The number of Topliss-reactive ketones (excluding diaryl/α,β-unsaturated/α-hetero) is 1. The van der Waals surface area contributed by atoms with Gasteiger partial charge in [-0.1, -0.05) is 19.8 Å². The number of hydrogen-bond donors (Lipinski definition) is 1. The predicted octanol–water partition coefficient (Wildman–Crippen LogP) is 1.84. The molecule has 0 amide bonds. The molecule has 4 nitrogen and oxygen atoms in total. The van der Waals surface area contributed by atoms with E-state index < -0.39 is 17.5 Å². The smallest absolute Gasteiger partial charge is 0.316 e. The molecule has 0 spiro atoms. The molecular weight excluding hydrogens is 220 g/mol. The van der Waals surface area contributed by atoms with Crippen molar-refractivity contribution in [2.24, 2.45) is 5.92 Å². The summed E-state index contributed by atoms with van der Waals surface area (Å²) in [5.74, 6) is -1.26. The van der Waals surface area contributed by atoms with E-state index in [0.29, 0.717) is 25.9 Å². The van der Waals surface area contributed by atoms with Crippen LogP contribution in [0.3, 0.4) is 0 Å². The largest absolute Gasteiger partial charge is 0.465 e. The zero-order chi connectivity index (χ0) is 12.9. The minimum absolute atomic E-state index is 0.0937. The van der Waals surface area contributed by atoms with Gasteiger partial charge in [-0.2, -0.15) is 0 Å². The molecule has 0 heterocycles. The van der Waals surface area contributed by atoms with Crippen molar-refractivity contribution in [3.8, 4) is 0 Å². The Kier molecular flexibility index (Phi) is 5.12. The van der Waals surface area contributed by atoms with E-state index in [4.69, 9.17) is 4.74 Å². The Hall–Kier alpha value is -0.900. The SMILES string of the molecule is CCCCC1(O)CCC(C(=O)OCC)C(=O)C1. The van der Waals surface area contributed by atoms with Crippen molar-refractivity contribution < 1.29 is 19.4 Å². The van der Waals surface area contributed by atoms with Crippen LogP contribution in [0.5, 0.6) is 0 Å². The highest BCUT2D eigenvalue weighted by molar-refractivity contribution is 6.00. The van der Waals surface area contributed by atoms with Crippen molar-refractivity contribution in [3.05, 3.63) is 0 Å². The number of ether oxygens (including phenoxy) is 1. The van der Waals surface area contributed by atoms with Crippen LogP contribution in [0, 0.1) is 5.92 Å². The van der Waals surface area contributed by atoms with Crippen LogP contribution < -0.4 is 0 Å². The van der Waals surface area contributed by atoms with Crippen molar-refractivity contribution in [1.29, 1.82) is 0 Å². The van der Waals surface area contributed by atoms with Gasteiger partial charge in [-0.15, -0.1) is 0 Å². The number of rotatable bonds is 5. The third-order valence-corrected chi connectivity index (χ3v) is 3.36. The van der Waals surface area contributed by atoms with Crippen molar-refractivity contribution in [3.63, 3.8) is 0 Å². The van der Waals surface area contributed by atoms with Gasteiger partial charge in [0, 0.05) is 6.42 Å². The van der Waals surface area contributed by atoms with E-state index in [2.05, 4.69) is 6.92 Å². The van der Waals surface area contributed by atoms with Crippen molar-refractivity contribution in [2.75, 3.05) is 6.61 Å². The predicted molar refractivity (Wildman–Crippen MR) is 63.5 cm³/mol. The number of carbonyl (C=O) groups is 2. The zero-order valence-electron chi connectivity index (χ0n) is 10.7. The zero-order valence-corrected chi connectivity index (χ0v) is 10.7. The Balaban J connectivity index is 2.54. The van der Waals surface area contributed by atoms with Gasteiger partial charge >= 0.3 is 5.97 Å². The summed E-state index contributed by atoms with van der Waals surface area (Å²) >= 11 is 0. The molecule has 0 aromatic rings. The summed E-state index contributed by atoms with van der Waals surface area (Å²) in [4.78, 5) is 23.3. The van der Waals surface area contributed by atoms with Gasteiger partial charge in [0.25, 0.3) is 0 Å². The first-order valence-corrected chi connectivity index (χ1v) is 6.44. The topological polar surface area (TPSA) is 63.6 Å². The second-order valence-electron chi connectivity index (χ2n) is 4.81. The lowest BCUT2D eigenvalue weighted by Crippen LogP contribution is -2.42. The van der Waals surface area contributed by atoms with Gasteiger partial charge in [0.05, 0.1) is 12.2 Å². The first-order chi connectivity index (χ1) is 8.02. The maximum absolute atomic E-state index is 11.8. The summed E-state index contributed by atoms with van der Waals surface area (Å²) < 4.78 is 4.86. The molecule has 0 radical (unpaired) electrons. The highest BCUT2D eigenvalue weighted by Crippen LogP contribution is 2.33. The number of carbonyl (C=O) groups excluding carboxylic acids is 2. The van der Waals surface area contributed by atoms with Crippen LogP contribution in [0.1, 0.15) is 52.4 Å². The van der Waals surface area contributed by atoms with Crippen molar-refractivity contribution in [2.45, 2.75) is 58.0 Å². The van der Waals surface area contributed by atoms with E-state index >= 15 is 0 Å². The Morgan fingerprint density at radius 2 is 2.24 bits per heavy atom. The standard InChI is InChI=1S/C13H22O4/c1-3-5-7-13(16)8-6-10(11(14)9-13)12(15)17-4-2/h10,16H,3-9H2,1-2H3. The van der Waals surface area contributed by atoms with E-state index in [1.54, 1.807) is 6.92 Å². The first kappa shape index (κ1) is 14.2. The van der Waals surface area contributed by atoms with Gasteiger partial charge < -0.3 is 9.84 Å². The second kappa shape index (κ2) is 6.15. The normalized spacial score (nSPS) is 29.1. The summed E-state index contributed by atoms with van der Waals surface area (Å²) in [5.41, 5.74) is -0.893. The van der Waals surface area contributed by atoms with Crippen LogP contribution in [0.15, 0.2) is 0 Å². The molecule has 1 saturated carbocycles. The average molecular weight is 242 g/mol. The maximum atomic E-state index is 11.8. The number of hydrogen-bond acceptors (Lipinski definition) is 4. The monoisotopic (exact) mass is 242 g/mol. The molecule has 0 saturated heterocycles. The summed E-state index contributed by atoms with van der Waals surface area (Å²) in [7, 11) is 0. The quantitative estimate of drug-likeness (QED) is 0.590. The van der Waals surface area contributed by atoms with Gasteiger partial charge in [-0.05, 0) is 26.2 Å². The van der Waals surface area contributed by atoms with Crippen molar-refractivity contribution >= 4 is 11.8 Å². The average Bonchev–Trinajstić information content (AvgIpc) is 2.26. The van der Waals surface area contributed by atoms with Gasteiger partial charge in [-0.25, -0.2) is 0 Å². The molecule has 4 heteroatoms. The fraction of sp³-hybridized carbons (Fsp3) is 0.846. The Labute approximate surface area is 102 Å². The number of ketones is 1. The highest BCUT2D eigenvalue weighted by atomic mass is 16.5. The molecular formula is C13H22O4. The van der Waals surface area contributed by atoms with E-state index in [-0.39, 0.29) is 12.2 Å². The molecule has 1 aliphatic carbocycles. The van der Waals surface area contributed by atoms with E-state index in [1.165, 1.54) is 0 Å². The van der Waals surface area contributed by atoms with Crippen LogP contribution >= 0.6 is 0 Å². The van der Waals surface area contributed by atoms with Crippen LogP contribution in [0.4, 0.5) is 0 Å². The van der Waals surface area contributed by atoms with E-state index in [9.17, 15) is 14.7 Å². The van der Waals surface area contributed by atoms with Gasteiger partial charge in [0.1, 0.15) is 11.7 Å². The molecule has 1 fully saturated rings. The fourth-order valence-electron chi connectivity index (χ4n) is 2.32. The number of esters is 1. The summed E-state index contributed by atoms with van der Waals surface area (Å²) in [6, 6.07) is 0. The highest BCUT2D eigenvalue weighted by Gasteiger charge is 2.41. The lowest BCUT2D eigenvalue weighted by molar-refractivity contribution is -0.156. The minimum Gasteiger partial charge on any atom is -0.465 e. The minimum atomic E-state index is -0.893. The maximum Gasteiger partial charge on any atom is 0.316 e. The Bertz CT molecular complexity index is 287. The van der Waals surface area contributed by atoms with E-state index in [0.717, 1.165) is 12.8 Å². The first-order valence-electron chi connectivity index (χ1n) is 6.44. The molecule has 1 aliphatic rings. The van der Waals surface area contributed by atoms with Crippen molar-refractivity contribution in [1.82, 2.24) is 0 Å².